The zero-order valence-electron chi connectivity index (χ0n) is 13.9. The largest absolute Gasteiger partial charge is 0.463 e. The Kier molecular flexibility index (Phi) is 6.93. The fraction of sp³-hybridized carbons (Fsp3) is 0.800. The quantitative estimate of drug-likeness (QED) is 0.551. The molecule has 0 radical (unpaired) electrons. The van der Waals surface area contributed by atoms with Gasteiger partial charge in [-0.15, -0.1) is 0 Å². The summed E-state index contributed by atoms with van der Waals surface area (Å²) in [4.78, 5) is 33.6. The maximum absolute atomic E-state index is 14.7. The van der Waals surface area contributed by atoms with Crippen molar-refractivity contribution in [3.05, 3.63) is 0 Å². The standard InChI is InChI=1S/C15H23FO7/c1-7(2)13-12(16)15(22-10(5)19)14(21-9(4)18)11(23-13)6-20-8(3)17/h7,11-15H,6H2,1-5H3. The Hall–Kier alpha value is -1.70. The van der Waals surface area contributed by atoms with Gasteiger partial charge in [-0.2, -0.15) is 0 Å². The number of carbonyl (C=O) groups is 3. The first kappa shape index (κ1) is 19.3. The molecule has 0 spiro atoms. The highest BCUT2D eigenvalue weighted by Gasteiger charge is 2.51. The SMILES string of the molecule is CC(=O)OCC1OC(C(C)C)C(F)C(OC(C)=O)C1OC(C)=O. The molecule has 0 aromatic heterocycles. The topological polar surface area (TPSA) is 88.1 Å². The third-order valence-electron chi connectivity index (χ3n) is 3.36. The van der Waals surface area contributed by atoms with E-state index in [0.717, 1.165) is 13.8 Å². The number of esters is 3. The van der Waals surface area contributed by atoms with Crippen molar-refractivity contribution in [3.8, 4) is 0 Å². The monoisotopic (exact) mass is 334 g/mol. The lowest BCUT2D eigenvalue weighted by Crippen LogP contribution is -2.61. The Morgan fingerprint density at radius 3 is 1.96 bits per heavy atom. The van der Waals surface area contributed by atoms with Gasteiger partial charge in [-0.05, 0) is 5.92 Å². The van der Waals surface area contributed by atoms with Crippen LogP contribution in [0.25, 0.3) is 0 Å². The van der Waals surface area contributed by atoms with Crippen molar-refractivity contribution in [1.29, 1.82) is 0 Å². The molecular formula is C15H23FO7. The molecule has 1 rings (SSSR count). The summed E-state index contributed by atoms with van der Waals surface area (Å²) in [5, 5.41) is 0. The van der Waals surface area contributed by atoms with Gasteiger partial charge in [0.1, 0.15) is 12.7 Å². The van der Waals surface area contributed by atoms with Crippen LogP contribution >= 0.6 is 0 Å². The van der Waals surface area contributed by atoms with Gasteiger partial charge in [0.25, 0.3) is 0 Å². The van der Waals surface area contributed by atoms with Crippen molar-refractivity contribution in [2.24, 2.45) is 5.92 Å². The van der Waals surface area contributed by atoms with Crippen molar-refractivity contribution < 1.29 is 37.7 Å². The van der Waals surface area contributed by atoms with E-state index in [9.17, 15) is 18.8 Å². The predicted molar refractivity (Wildman–Crippen MR) is 76.1 cm³/mol. The first-order chi connectivity index (χ1) is 10.6. The maximum Gasteiger partial charge on any atom is 0.303 e. The molecule has 0 saturated carbocycles. The van der Waals surface area contributed by atoms with E-state index in [1.165, 1.54) is 6.92 Å². The molecule has 132 valence electrons. The Balaban J connectivity index is 3.07. The zero-order chi connectivity index (χ0) is 17.7. The van der Waals surface area contributed by atoms with E-state index in [4.69, 9.17) is 18.9 Å². The number of halogens is 1. The molecular weight excluding hydrogens is 311 g/mol. The molecule has 1 aliphatic heterocycles. The number of ether oxygens (including phenoxy) is 4. The van der Waals surface area contributed by atoms with E-state index in [0.29, 0.717) is 0 Å². The van der Waals surface area contributed by atoms with Gasteiger partial charge in [0.15, 0.2) is 18.4 Å². The number of hydrogen-bond acceptors (Lipinski definition) is 7. The van der Waals surface area contributed by atoms with Crippen LogP contribution in [0.15, 0.2) is 0 Å². The minimum atomic E-state index is -1.67. The Bertz CT molecular complexity index is 451. The molecule has 8 heteroatoms. The minimum absolute atomic E-state index is 0.221. The Morgan fingerprint density at radius 2 is 1.52 bits per heavy atom. The molecule has 1 aliphatic rings. The lowest BCUT2D eigenvalue weighted by molar-refractivity contribution is -0.241. The lowest BCUT2D eigenvalue weighted by Gasteiger charge is -2.43. The molecule has 7 nitrogen and oxygen atoms in total. The first-order valence-electron chi connectivity index (χ1n) is 7.40. The van der Waals surface area contributed by atoms with Crippen molar-refractivity contribution in [1.82, 2.24) is 0 Å². The van der Waals surface area contributed by atoms with Crippen LogP contribution in [-0.4, -0.2) is 55.1 Å². The third-order valence-corrected chi connectivity index (χ3v) is 3.36. The van der Waals surface area contributed by atoms with Gasteiger partial charge in [0.2, 0.25) is 0 Å². The van der Waals surface area contributed by atoms with E-state index in [2.05, 4.69) is 0 Å². The molecule has 0 aliphatic carbocycles. The number of rotatable bonds is 5. The second-order valence-electron chi connectivity index (χ2n) is 5.78. The molecule has 0 aromatic carbocycles. The minimum Gasteiger partial charge on any atom is -0.463 e. The normalized spacial score (nSPS) is 30.7. The number of alkyl halides is 1. The van der Waals surface area contributed by atoms with E-state index >= 15 is 0 Å². The Morgan fingerprint density at radius 1 is 1.00 bits per heavy atom. The maximum atomic E-state index is 14.7. The lowest BCUT2D eigenvalue weighted by atomic mass is 9.90. The van der Waals surface area contributed by atoms with E-state index in [1.54, 1.807) is 13.8 Å². The fourth-order valence-electron chi connectivity index (χ4n) is 2.45. The number of hydrogen-bond donors (Lipinski definition) is 0. The molecule has 0 aromatic rings. The van der Waals surface area contributed by atoms with Crippen molar-refractivity contribution >= 4 is 17.9 Å². The summed E-state index contributed by atoms with van der Waals surface area (Å²) in [5.41, 5.74) is 0. The fourth-order valence-corrected chi connectivity index (χ4v) is 2.45. The van der Waals surface area contributed by atoms with Crippen LogP contribution in [0.2, 0.25) is 0 Å². The van der Waals surface area contributed by atoms with E-state index < -0.39 is 48.5 Å². The highest BCUT2D eigenvalue weighted by Crippen LogP contribution is 2.32. The summed E-state index contributed by atoms with van der Waals surface area (Å²) in [7, 11) is 0. The van der Waals surface area contributed by atoms with Gasteiger partial charge < -0.3 is 18.9 Å². The summed E-state index contributed by atoms with van der Waals surface area (Å²) in [6.45, 7) is 6.76. The summed E-state index contributed by atoms with van der Waals surface area (Å²) >= 11 is 0. The second kappa shape index (κ2) is 8.24. The average molecular weight is 334 g/mol. The van der Waals surface area contributed by atoms with Crippen LogP contribution < -0.4 is 0 Å². The van der Waals surface area contributed by atoms with Gasteiger partial charge in [0.05, 0.1) is 6.10 Å². The molecule has 1 heterocycles. The molecule has 5 unspecified atom stereocenters. The smallest absolute Gasteiger partial charge is 0.303 e. The van der Waals surface area contributed by atoms with Crippen LogP contribution in [0.3, 0.4) is 0 Å². The molecule has 0 bridgehead atoms. The van der Waals surface area contributed by atoms with E-state index in [1.807, 2.05) is 0 Å². The van der Waals surface area contributed by atoms with Crippen LogP contribution in [0, 0.1) is 5.92 Å². The van der Waals surface area contributed by atoms with Gasteiger partial charge in [0, 0.05) is 20.8 Å². The van der Waals surface area contributed by atoms with Gasteiger partial charge in [-0.3, -0.25) is 14.4 Å². The van der Waals surface area contributed by atoms with Crippen molar-refractivity contribution in [2.45, 2.75) is 65.2 Å². The summed E-state index contributed by atoms with van der Waals surface area (Å²) in [6, 6.07) is 0. The van der Waals surface area contributed by atoms with Crippen LogP contribution in [0.1, 0.15) is 34.6 Å². The first-order valence-corrected chi connectivity index (χ1v) is 7.40. The Labute approximate surface area is 134 Å². The summed E-state index contributed by atoms with van der Waals surface area (Å²) in [6.07, 6.45) is -5.99. The predicted octanol–water partition coefficient (Wildman–Crippen LogP) is 1.17. The van der Waals surface area contributed by atoms with Crippen LogP contribution in [0.4, 0.5) is 4.39 Å². The average Bonchev–Trinajstić information content (AvgIpc) is 2.40. The molecule has 0 amide bonds. The van der Waals surface area contributed by atoms with Crippen molar-refractivity contribution in [2.75, 3.05) is 6.61 Å². The van der Waals surface area contributed by atoms with Gasteiger partial charge >= 0.3 is 17.9 Å². The van der Waals surface area contributed by atoms with E-state index in [-0.39, 0.29) is 12.5 Å². The number of carbonyl (C=O) groups excluding carboxylic acids is 3. The molecule has 23 heavy (non-hydrogen) atoms. The second-order valence-corrected chi connectivity index (χ2v) is 5.78. The summed E-state index contributed by atoms with van der Waals surface area (Å²) in [5.74, 6) is -2.16. The molecule has 1 fully saturated rings. The molecule has 5 atom stereocenters. The van der Waals surface area contributed by atoms with Crippen LogP contribution in [-0.2, 0) is 33.3 Å². The highest BCUT2D eigenvalue weighted by molar-refractivity contribution is 5.67. The van der Waals surface area contributed by atoms with Crippen molar-refractivity contribution in [3.63, 3.8) is 0 Å². The third kappa shape index (κ3) is 5.46. The van der Waals surface area contributed by atoms with Crippen LogP contribution in [0.5, 0.6) is 0 Å². The zero-order valence-corrected chi connectivity index (χ0v) is 13.9. The highest BCUT2D eigenvalue weighted by atomic mass is 19.1. The van der Waals surface area contributed by atoms with Gasteiger partial charge in [-0.1, -0.05) is 13.8 Å². The molecule has 0 N–H and O–H groups in total. The molecule has 1 saturated heterocycles. The van der Waals surface area contributed by atoms with Gasteiger partial charge in [-0.25, -0.2) is 4.39 Å². The summed E-state index contributed by atoms with van der Waals surface area (Å²) < 4.78 is 35.3.